The molecule has 0 bridgehead atoms. The molecule has 5 nitrogen and oxygen atoms in total. The van der Waals surface area contributed by atoms with E-state index >= 15 is 0 Å². The van der Waals surface area contributed by atoms with Crippen LogP contribution in [0.1, 0.15) is 24.1 Å². The molecule has 1 aromatic heterocycles. The van der Waals surface area contributed by atoms with Crippen molar-refractivity contribution in [2.45, 2.75) is 25.0 Å². The van der Waals surface area contributed by atoms with E-state index in [2.05, 4.69) is 15.5 Å². The third-order valence-electron chi connectivity index (χ3n) is 3.91. The standard InChI is InChI=1S/C19H19ClN4OS/c1-13-3-9-17(10-4-13)24-12-21-23-19(24)26-11-18(25)22-14(2)15-5-7-16(20)8-6-15/h3-10,12,14H,11H2,1-2H3,(H,22,25). The molecule has 2 aromatic carbocycles. The van der Waals surface area contributed by atoms with Crippen molar-refractivity contribution < 1.29 is 4.79 Å². The zero-order chi connectivity index (χ0) is 18.5. The Kier molecular flexibility index (Phi) is 5.96. The fourth-order valence-electron chi connectivity index (χ4n) is 2.45. The Morgan fingerprint density at radius 1 is 1.19 bits per heavy atom. The van der Waals surface area contributed by atoms with E-state index in [4.69, 9.17) is 11.6 Å². The molecule has 3 rings (SSSR count). The Morgan fingerprint density at radius 3 is 2.58 bits per heavy atom. The van der Waals surface area contributed by atoms with Crippen molar-refractivity contribution in [2.24, 2.45) is 0 Å². The molecule has 134 valence electrons. The van der Waals surface area contributed by atoms with Crippen LogP contribution in [0, 0.1) is 6.92 Å². The molecular formula is C19H19ClN4OS. The topological polar surface area (TPSA) is 59.8 Å². The van der Waals surface area contributed by atoms with Crippen molar-refractivity contribution in [3.05, 3.63) is 71.0 Å². The van der Waals surface area contributed by atoms with Gasteiger partial charge in [-0.15, -0.1) is 10.2 Å². The predicted octanol–water partition coefficient (Wildman–Crippen LogP) is 4.20. The van der Waals surface area contributed by atoms with Crippen molar-refractivity contribution in [1.82, 2.24) is 20.1 Å². The number of thioether (sulfide) groups is 1. The van der Waals surface area contributed by atoms with Gasteiger partial charge in [0.15, 0.2) is 5.16 Å². The molecule has 0 aliphatic rings. The lowest BCUT2D eigenvalue weighted by Gasteiger charge is -2.14. The van der Waals surface area contributed by atoms with Crippen molar-refractivity contribution in [1.29, 1.82) is 0 Å². The number of nitrogens with one attached hydrogen (secondary N) is 1. The number of aryl methyl sites for hydroxylation is 1. The predicted molar refractivity (Wildman–Crippen MR) is 105 cm³/mol. The van der Waals surface area contributed by atoms with E-state index in [1.54, 1.807) is 6.33 Å². The molecule has 0 fully saturated rings. The summed E-state index contributed by atoms with van der Waals surface area (Å²) in [5, 5.41) is 12.4. The summed E-state index contributed by atoms with van der Waals surface area (Å²) in [7, 11) is 0. The van der Waals surface area contributed by atoms with Crippen molar-refractivity contribution in [3.8, 4) is 5.69 Å². The number of rotatable bonds is 6. The second kappa shape index (κ2) is 8.38. The second-order valence-electron chi connectivity index (χ2n) is 5.95. The van der Waals surface area contributed by atoms with Crippen LogP contribution in [0.5, 0.6) is 0 Å². The highest BCUT2D eigenvalue weighted by atomic mass is 35.5. The maximum absolute atomic E-state index is 12.3. The van der Waals surface area contributed by atoms with Crippen LogP contribution in [0.2, 0.25) is 5.02 Å². The van der Waals surface area contributed by atoms with Crippen LogP contribution in [0.4, 0.5) is 0 Å². The minimum Gasteiger partial charge on any atom is -0.349 e. The van der Waals surface area contributed by atoms with Gasteiger partial charge in [-0.05, 0) is 43.7 Å². The van der Waals surface area contributed by atoms with Gasteiger partial charge in [0.1, 0.15) is 6.33 Å². The number of aromatic nitrogens is 3. The maximum Gasteiger partial charge on any atom is 0.230 e. The minimum absolute atomic E-state index is 0.0593. The summed E-state index contributed by atoms with van der Waals surface area (Å²) in [5.74, 6) is 0.207. The number of hydrogen-bond donors (Lipinski definition) is 1. The van der Waals surface area contributed by atoms with E-state index in [0.29, 0.717) is 10.2 Å². The Morgan fingerprint density at radius 2 is 1.88 bits per heavy atom. The minimum atomic E-state index is -0.0877. The molecule has 7 heteroatoms. The highest BCUT2D eigenvalue weighted by Crippen LogP contribution is 2.20. The summed E-state index contributed by atoms with van der Waals surface area (Å²) in [5.41, 5.74) is 3.17. The normalized spacial score (nSPS) is 12.0. The van der Waals surface area contributed by atoms with Gasteiger partial charge in [-0.1, -0.05) is 53.2 Å². The van der Waals surface area contributed by atoms with Crippen LogP contribution < -0.4 is 5.32 Å². The molecule has 1 heterocycles. The van der Waals surface area contributed by atoms with Crippen molar-refractivity contribution in [3.63, 3.8) is 0 Å². The zero-order valence-corrected chi connectivity index (χ0v) is 16.1. The Labute approximate surface area is 161 Å². The molecule has 0 saturated heterocycles. The number of nitrogens with zero attached hydrogens (tertiary/aromatic N) is 3. The van der Waals surface area contributed by atoms with Gasteiger partial charge >= 0.3 is 0 Å². The molecule has 0 aliphatic heterocycles. The van der Waals surface area contributed by atoms with E-state index in [9.17, 15) is 4.79 Å². The number of carbonyl (C=O) groups excluding carboxylic acids is 1. The van der Waals surface area contributed by atoms with Crippen LogP contribution in [0.25, 0.3) is 5.69 Å². The number of halogens is 1. The largest absolute Gasteiger partial charge is 0.349 e. The van der Waals surface area contributed by atoms with Gasteiger partial charge in [0.05, 0.1) is 11.8 Å². The number of carbonyl (C=O) groups is 1. The fourth-order valence-corrected chi connectivity index (χ4v) is 3.32. The average molecular weight is 387 g/mol. The van der Waals surface area contributed by atoms with E-state index in [1.807, 2.05) is 66.9 Å². The van der Waals surface area contributed by atoms with E-state index in [0.717, 1.165) is 11.3 Å². The highest BCUT2D eigenvalue weighted by molar-refractivity contribution is 7.99. The first-order chi connectivity index (χ1) is 12.5. The summed E-state index contributed by atoms with van der Waals surface area (Å²) < 4.78 is 1.88. The smallest absolute Gasteiger partial charge is 0.230 e. The van der Waals surface area contributed by atoms with E-state index in [-0.39, 0.29) is 17.7 Å². The van der Waals surface area contributed by atoms with Crippen LogP contribution in [-0.4, -0.2) is 26.4 Å². The molecule has 0 spiro atoms. The molecule has 1 atom stereocenters. The van der Waals surface area contributed by atoms with E-state index < -0.39 is 0 Å². The summed E-state index contributed by atoms with van der Waals surface area (Å²) >= 11 is 7.25. The third kappa shape index (κ3) is 4.65. The Bertz CT molecular complexity index is 877. The molecule has 0 aliphatic carbocycles. The lowest BCUT2D eigenvalue weighted by Crippen LogP contribution is -2.28. The van der Waals surface area contributed by atoms with E-state index in [1.165, 1.54) is 17.3 Å². The third-order valence-corrected chi connectivity index (χ3v) is 5.10. The first-order valence-corrected chi connectivity index (χ1v) is 9.54. The molecule has 3 aromatic rings. The van der Waals surface area contributed by atoms with Gasteiger partial charge in [-0.3, -0.25) is 9.36 Å². The lowest BCUT2D eigenvalue weighted by atomic mass is 10.1. The van der Waals surface area contributed by atoms with Crippen molar-refractivity contribution in [2.75, 3.05) is 5.75 Å². The van der Waals surface area contributed by atoms with Crippen molar-refractivity contribution >= 4 is 29.3 Å². The van der Waals surface area contributed by atoms with Gasteiger partial charge in [0.2, 0.25) is 5.91 Å². The number of hydrogen-bond acceptors (Lipinski definition) is 4. The molecule has 0 radical (unpaired) electrons. The fraction of sp³-hybridized carbons (Fsp3) is 0.211. The Balaban J connectivity index is 1.59. The highest BCUT2D eigenvalue weighted by Gasteiger charge is 2.13. The second-order valence-corrected chi connectivity index (χ2v) is 7.33. The molecular weight excluding hydrogens is 368 g/mol. The summed E-state index contributed by atoms with van der Waals surface area (Å²) in [6, 6.07) is 15.4. The van der Waals surface area contributed by atoms with Gasteiger partial charge in [-0.25, -0.2) is 0 Å². The van der Waals surface area contributed by atoms with Gasteiger partial charge in [0, 0.05) is 10.7 Å². The van der Waals surface area contributed by atoms with Gasteiger partial charge in [0.25, 0.3) is 0 Å². The molecule has 1 amide bonds. The quantitative estimate of drug-likeness (QED) is 0.645. The molecule has 1 unspecified atom stereocenters. The summed E-state index contributed by atoms with van der Waals surface area (Å²) in [4.78, 5) is 12.3. The van der Waals surface area contributed by atoms with Crippen LogP contribution in [-0.2, 0) is 4.79 Å². The zero-order valence-electron chi connectivity index (χ0n) is 14.5. The average Bonchev–Trinajstić information content (AvgIpc) is 3.09. The first kappa shape index (κ1) is 18.5. The van der Waals surface area contributed by atoms with Crippen LogP contribution >= 0.6 is 23.4 Å². The van der Waals surface area contributed by atoms with Gasteiger partial charge < -0.3 is 5.32 Å². The van der Waals surface area contributed by atoms with Crippen LogP contribution in [0.3, 0.4) is 0 Å². The lowest BCUT2D eigenvalue weighted by molar-refractivity contribution is -0.119. The molecule has 1 N–H and O–H groups in total. The first-order valence-electron chi connectivity index (χ1n) is 8.17. The SMILES string of the molecule is Cc1ccc(-n2cnnc2SCC(=O)NC(C)c2ccc(Cl)cc2)cc1. The van der Waals surface area contributed by atoms with Crippen LogP contribution in [0.15, 0.2) is 60.0 Å². The van der Waals surface area contributed by atoms with Gasteiger partial charge in [-0.2, -0.15) is 0 Å². The maximum atomic E-state index is 12.3. The molecule has 0 saturated carbocycles. The Hall–Kier alpha value is -2.31. The number of amides is 1. The summed E-state index contributed by atoms with van der Waals surface area (Å²) in [6.45, 7) is 3.98. The molecule has 26 heavy (non-hydrogen) atoms. The number of benzene rings is 2. The summed E-state index contributed by atoms with van der Waals surface area (Å²) in [6.07, 6.45) is 1.65. The monoisotopic (exact) mass is 386 g/mol.